The highest BCUT2D eigenvalue weighted by Gasteiger charge is 2.40. The van der Waals surface area contributed by atoms with Crippen LogP contribution in [0.1, 0.15) is 43.5 Å². The molecule has 2 aliphatic heterocycles. The largest absolute Gasteiger partial charge is 0.347 e. The predicted molar refractivity (Wildman–Crippen MR) is 101 cm³/mol. The maximum atomic E-state index is 12.8. The van der Waals surface area contributed by atoms with Crippen LogP contribution in [-0.4, -0.2) is 57.9 Å². The highest BCUT2D eigenvalue weighted by molar-refractivity contribution is 7.89. The zero-order valence-corrected chi connectivity index (χ0v) is 16.8. The summed E-state index contributed by atoms with van der Waals surface area (Å²) in [7, 11) is -3.62. The minimum absolute atomic E-state index is 0.119. The third-order valence-corrected chi connectivity index (χ3v) is 6.49. The lowest BCUT2D eigenvalue weighted by atomic mass is 10.0. The second-order valence-electron chi connectivity index (χ2n) is 7.51. The summed E-state index contributed by atoms with van der Waals surface area (Å²) >= 11 is 0. The van der Waals surface area contributed by atoms with Gasteiger partial charge in [0.15, 0.2) is 5.79 Å². The second kappa shape index (κ2) is 8.26. The number of rotatable bonds is 6. The molecule has 0 unspecified atom stereocenters. The first-order valence-electron chi connectivity index (χ1n) is 9.48. The van der Waals surface area contributed by atoms with E-state index in [2.05, 4.69) is 4.72 Å². The molecule has 150 valence electrons. The van der Waals surface area contributed by atoms with Gasteiger partial charge in [-0.3, -0.25) is 4.79 Å². The van der Waals surface area contributed by atoms with E-state index in [4.69, 9.17) is 9.47 Å². The number of ether oxygens (including phenoxy) is 2. The molecule has 0 radical (unpaired) electrons. The molecule has 7 nitrogen and oxygen atoms in total. The van der Waals surface area contributed by atoms with Crippen molar-refractivity contribution in [2.24, 2.45) is 5.92 Å². The van der Waals surface area contributed by atoms with E-state index in [-0.39, 0.29) is 10.8 Å². The Morgan fingerprint density at radius 1 is 1.22 bits per heavy atom. The molecule has 2 saturated heterocycles. The van der Waals surface area contributed by atoms with E-state index in [1.807, 2.05) is 13.8 Å². The Morgan fingerprint density at radius 2 is 1.89 bits per heavy atom. The van der Waals surface area contributed by atoms with E-state index in [0.717, 1.165) is 6.42 Å². The SMILES string of the molecule is CC(C)CCNS(=O)(=O)c1cccc(C(=O)N2CCC3(CC2)OCCO3)c1. The van der Waals surface area contributed by atoms with Gasteiger partial charge < -0.3 is 14.4 Å². The normalized spacial score (nSPS) is 19.7. The Kier molecular flexibility index (Phi) is 6.20. The zero-order chi connectivity index (χ0) is 19.5. The smallest absolute Gasteiger partial charge is 0.253 e. The Hall–Kier alpha value is -1.48. The molecule has 0 saturated carbocycles. The van der Waals surface area contributed by atoms with Crippen molar-refractivity contribution < 1.29 is 22.7 Å². The molecule has 1 aromatic carbocycles. The van der Waals surface area contributed by atoms with Gasteiger partial charge >= 0.3 is 0 Å². The lowest BCUT2D eigenvalue weighted by Gasteiger charge is -2.37. The van der Waals surface area contributed by atoms with E-state index < -0.39 is 15.8 Å². The van der Waals surface area contributed by atoms with Gasteiger partial charge in [-0.2, -0.15) is 0 Å². The van der Waals surface area contributed by atoms with E-state index in [1.165, 1.54) is 12.1 Å². The van der Waals surface area contributed by atoms with Crippen LogP contribution in [0.4, 0.5) is 0 Å². The molecule has 3 rings (SSSR count). The summed E-state index contributed by atoms with van der Waals surface area (Å²) in [6, 6.07) is 6.23. The number of carbonyl (C=O) groups is 1. The van der Waals surface area contributed by atoms with Crippen LogP contribution in [-0.2, 0) is 19.5 Å². The number of nitrogens with one attached hydrogen (secondary N) is 1. The van der Waals surface area contributed by atoms with Crippen molar-refractivity contribution in [3.63, 3.8) is 0 Å². The fourth-order valence-corrected chi connectivity index (χ4v) is 4.47. The quantitative estimate of drug-likeness (QED) is 0.795. The lowest BCUT2D eigenvalue weighted by Crippen LogP contribution is -2.47. The Bertz CT molecular complexity index is 762. The van der Waals surface area contributed by atoms with Gasteiger partial charge in [0, 0.05) is 38.0 Å². The molecule has 27 heavy (non-hydrogen) atoms. The number of amides is 1. The van der Waals surface area contributed by atoms with Gasteiger partial charge in [-0.25, -0.2) is 13.1 Å². The third kappa shape index (κ3) is 4.87. The maximum Gasteiger partial charge on any atom is 0.253 e. The summed E-state index contributed by atoms with van der Waals surface area (Å²) < 4.78 is 38.9. The lowest BCUT2D eigenvalue weighted by molar-refractivity contribution is -0.181. The molecule has 8 heteroatoms. The number of hydrogen-bond acceptors (Lipinski definition) is 5. The van der Waals surface area contributed by atoms with Gasteiger partial charge in [0.25, 0.3) is 5.91 Å². The van der Waals surface area contributed by atoms with E-state index in [0.29, 0.717) is 57.2 Å². The Labute approximate surface area is 161 Å². The van der Waals surface area contributed by atoms with Gasteiger partial charge in [-0.15, -0.1) is 0 Å². The van der Waals surface area contributed by atoms with Gasteiger partial charge in [0.05, 0.1) is 18.1 Å². The van der Waals surface area contributed by atoms with Crippen molar-refractivity contribution in [2.45, 2.75) is 43.8 Å². The number of benzene rings is 1. The molecule has 1 aromatic rings. The van der Waals surface area contributed by atoms with Crippen LogP contribution >= 0.6 is 0 Å². The molecule has 1 amide bonds. The summed E-state index contributed by atoms with van der Waals surface area (Å²) in [5.41, 5.74) is 0.381. The maximum absolute atomic E-state index is 12.8. The van der Waals surface area contributed by atoms with Crippen molar-refractivity contribution in [1.29, 1.82) is 0 Å². The van der Waals surface area contributed by atoms with Crippen LogP contribution in [0.5, 0.6) is 0 Å². The summed E-state index contributed by atoms with van der Waals surface area (Å²) in [5, 5.41) is 0. The molecule has 0 aliphatic carbocycles. The van der Waals surface area contributed by atoms with Crippen molar-refractivity contribution in [1.82, 2.24) is 9.62 Å². The number of hydrogen-bond donors (Lipinski definition) is 1. The summed E-state index contributed by atoms with van der Waals surface area (Å²) in [6.45, 7) is 6.71. The van der Waals surface area contributed by atoms with Crippen LogP contribution in [0.25, 0.3) is 0 Å². The minimum atomic E-state index is -3.62. The molecule has 0 aromatic heterocycles. The predicted octanol–water partition coefficient (Wildman–Crippen LogP) is 1.99. The van der Waals surface area contributed by atoms with Crippen LogP contribution in [0.3, 0.4) is 0 Å². The summed E-state index contributed by atoms with van der Waals surface area (Å²) in [6.07, 6.45) is 2.03. The topological polar surface area (TPSA) is 84.9 Å². The number of sulfonamides is 1. The van der Waals surface area contributed by atoms with Crippen molar-refractivity contribution >= 4 is 15.9 Å². The number of piperidine rings is 1. The van der Waals surface area contributed by atoms with Gasteiger partial charge in [-0.1, -0.05) is 19.9 Å². The van der Waals surface area contributed by atoms with Crippen LogP contribution < -0.4 is 4.72 Å². The van der Waals surface area contributed by atoms with Crippen LogP contribution in [0, 0.1) is 5.92 Å². The number of nitrogens with zero attached hydrogens (tertiary/aromatic N) is 1. The minimum Gasteiger partial charge on any atom is -0.347 e. The molecule has 2 heterocycles. The van der Waals surface area contributed by atoms with Crippen molar-refractivity contribution in [3.8, 4) is 0 Å². The molecular weight excluding hydrogens is 368 g/mol. The molecule has 2 aliphatic rings. The molecule has 2 fully saturated rings. The highest BCUT2D eigenvalue weighted by Crippen LogP contribution is 2.31. The van der Waals surface area contributed by atoms with E-state index in [1.54, 1.807) is 17.0 Å². The van der Waals surface area contributed by atoms with Crippen molar-refractivity contribution in [3.05, 3.63) is 29.8 Å². The zero-order valence-electron chi connectivity index (χ0n) is 15.9. The standard InChI is InChI=1S/C19H28N2O5S/c1-15(2)6-9-20-27(23,24)17-5-3-4-16(14-17)18(22)21-10-7-19(8-11-21)25-12-13-26-19/h3-5,14-15,20H,6-13H2,1-2H3. The van der Waals surface area contributed by atoms with Gasteiger partial charge in [-0.05, 0) is 30.5 Å². The first-order valence-corrected chi connectivity index (χ1v) is 11.0. The molecule has 0 atom stereocenters. The Morgan fingerprint density at radius 3 is 2.52 bits per heavy atom. The van der Waals surface area contributed by atoms with E-state index >= 15 is 0 Å². The summed E-state index contributed by atoms with van der Waals surface area (Å²) in [5.74, 6) is -0.291. The van der Waals surface area contributed by atoms with Gasteiger partial charge in [0.2, 0.25) is 10.0 Å². The summed E-state index contributed by atoms with van der Waals surface area (Å²) in [4.78, 5) is 14.7. The average molecular weight is 397 g/mol. The fourth-order valence-electron chi connectivity index (χ4n) is 3.38. The highest BCUT2D eigenvalue weighted by atomic mass is 32.2. The second-order valence-corrected chi connectivity index (χ2v) is 9.27. The van der Waals surface area contributed by atoms with Crippen molar-refractivity contribution in [2.75, 3.05) is 32.8 Å². The molecule has 1 spiro atoms. The molecule has 1 N–H and O–H groups in total. The number of likely N-dealkylation sites (tertiary alicyclic amines) is 1. The first-order chi connectivity index (χ1) is 12.8. The molecule has 0 bridgehead atoms. The monoisotopic (exact) mass is 396 g/mol. The van der Waals surface area contributed by atoms with Gasteiger partial charge in [0.1, 0.15) is 0 Å². The van der Waals surface area contributed by atoms with Crippen LogP contribution in [0.2, 0.25) is 0 Å². The molecular formula is C19H28N2O5S. The van der Waals surface area contributed by atoms with E-state index in [9.17, 15) is 13.2 Å². The Balaban J connectivity index is 1.65. The first kappa shape index (κ1) is 20.3. The number of carbonyl (C=O) groups excluding carboxylic acids is 1. The third-order valence-electron chi connectivity index (χ3n) is 5.03. The van der Waals surface area contributed by atoms with Crippen LogP contribution in [0.15, 0.2) is 29.2 Å². The fraction of sp³-hybridized carbons (Fsp3) is 0.632. The average Bonchev–Trinajstić information content (AvgIpc) is 3.09.